The van der Waals surface area contributed by atoms with Crippen LogP contribution in [-0.2, 0) is 4.79 Å². The summed E-state index contributed by atoms with van der Waals surface area (Å²) in [6, 6.07) is 8.08. The van der Waals surface area contributed by atoms with Gasteiger partial charge in [-0.2, -0.15) is 5.10 Å². The number of nitrogens with zero attached hydrogens (tertiary/aromatic N) is 2. The summed E-state index contributed by atoms with van der Waals surface area (Å²) in [6.07, 6.45) is 3.97. The molecule has 1 aromatic carbocycles. The maximum Gasteiger partial charge on any atom is 0.306 e. The first-order valence-electron chi connectivity index (χ1n) is 6.44. The summed E-state index contributed by atoms with van der Waals surface area (Å²) < 4.78 is 0. The minimum atomic E-state index is -0.701. The van der Waals surface area contributed by atoms with E-state index in [1.807, 2.05) is 24.3 Å². The molecule has 0 amide bonds. The Balaban J connectivity index is 1.81. The number of aliphatic carboxylic acids is 1. The Kier molecular flexibility index (Phi) is 3.03. The van der Waals surface area contributed by atoms with E-state index in [-0.39, 0.29) is 12.0 Å². The highest BCUT2D eigenvalue weighted by molar-refractivity contribution is 5.90. The van der Waals surface area contributed by atoms with Crippen LogP contribution in [0.2, 0.25) is 0 Å². The summed E-state index contributed by atoms with van der Waals surface area (Å²) >= 11 is 0. The third-order valence-electron chi connectivity index (χ3n) is 3.69. The van der Waals surface area contributed by atoms with E-state index in [2.05, 4.69) is 15.5 Å². The highest BCUT2D eigenvalue weighted by Gasteiger charge is 2.30. The summed E-state index contributed by atoms with van der Waals surface area (Å²) in [6.45, 7) is 0. The molecule has 5 heteroatoms. The van der Waals surface area contributed by atoms with Crippen molar-refractivity contribution in [3.8, 4) is 0 Å². The number of carboxylic acids is 1. The molecule has 2 N–H and O–H groups in total. The molecular weight excluding hydrogens is 242 g/mol. The molecular formula is C14H15N3O2. The average Bonchev–Trinajstić information content (AvgIpc) is 2.88. The lowest BCUT2D eigenvalue weighted by Gasteiger charge is -2.14. The van der Waals surface area contributed by atoms with Crippen LogP contribution in [0, 0.1) is 5.92 Å². The van der Waals surface area contributed by atoms with Gasteiger partial charge in [0.15, 0.2) is 5.82 Å². The molecule has 2 unspecified atom stereocenters. The zero-order chi connectivity index (χ0) is 13.2. The first-order chi connectivity index (χ1) is 9.24. The fourth-order valence-electron chi connectivity index (χ4n) is 2.66. The van der Waals surface area contributed by atoms with E-state index in [0.717, 1.165) is 29.4 Å². The van der Waals surface area contributed by atoms with Gasteiger partial charge in [0.05, 0.1) is 12.1 Å². The molecule has 0 bridgehead atoms. The van der Waals surface area contributed by atoms with E-state index in [4.69, 9.17) is 5.11 Å². The molecule has 0 saturated heterocycles. The number of carbonyl (C=O) groups is 1. The Bertz CT molecular complexity index is 609. The predicted octanol–water partition coefficient (Wildman–Crippen LogP) is 2.29. The molecule has 3 rings (SSSR count). The quantitative estimate of drug-likeness (QED) is 0.882. The van der Waals surface area contributed by atoms with Gasteiger partial charge in [-0.1, -0.05) is 24.3 Å². The van der Waals surface area contributed by atoms with E-state index in [9.17, 15) is 4.79 Å². The summed E-state index contributed by atoms with van der Waals surface area (Å²) in [7, 11) is 0. The molecule has 0 spiro atoms. The van der Waals surface area contributed by atoms with Crippen molar-refractivity contribution in [3.05, 3.63) is 30.5 Å². The topological polar surface area (TPSA) is 75.1 Å². The van der Waals surface area contributed by atoms with Crippen LogP contribution in [0.4, 0.5) is 5.82 Å². The molecule has 98 valence electrons. The lowest BCUT2D eigenvalue weighted by molar-refractivity contribution is -0.141. The van der Waals surface area contributed by atoms with Gasteiger partial charge in [-0.3, -0.25) is 4.79 Å². The number of hydrogen-bond acceptors (Lipinski definition) is 4. The summed E-state index contributed by atoms with van der Waals surface area (Å²) in [5, 5.41) is 22.5. The highest BCUT2D eigenvalue weighted by atomic mass is 16.4. The summed E-state index contributed by atoms with van der Waals surface area (Å²) in [4.78, 5) is 11.0. The normalized spacial score (nSPS) is 22.5. The Morgan fingerprint density at radius 3 is 2.95 bits per heavy atom. The van der Waals surface area contributed by atoms with Gasteiger partial charge >= 0.3 is 5.97 Å². The number of carboxylic acid groups (broad SMARTS) is 1. The van der Waals surface area contributed by atoms with Crippen LogP contribution in [0.15, 0.2) is 30.5 Å². The van der Waals surface area contributed by atoms with Gasteiger partial charge in [-0.25, -0.2) is 0 Å². The summed E-state index contributed by atoms with van der Waals surface area (Å²) in [5.41, 5.74) is 0. The van der Waals surface area contributed by atoms with E-state index in [1.165, 1.54) is 0 Å². The second kappa shape index (κ2) is 4.84. The number of hydrogen-bond donors (Lipinski definition) is 2. The molecule has 1 fully saturated rings. The van der Waals surface area contributed by atoms with Crippen LogP contribution in [0.5, 0.6) is 0 Å². The average molecular weight is 257 g/mol. The van der Waals surface area contributed by atoms with Crippen LogP contribution in [0.25, 0.3) is 10.8 Å². The highest BCUT2D eigenvalue weighted by Crippen LogP contribution is 2.29. The standard InChI is InChI=1S/C14H15N3O2/c18-14(19)9-5-6-11(7-9)16-13-12-4-2-1-3-10(12)8-15-17-13/h1-4,8-9,11H,5-7H2,(H,16,17)(H,18,19). The minimum Gasteiger partial charge on any atom is -0.481 e. The molecule has 1 saturated carbocycles. The van der Waals surface area contributed by atoms with Gasteiger partial charge in [0.1, 0.15) is 0 Å². The number of benzene rings is 1. The smallest absolute Gasteiger partial charge is 0.306 e. The van der Waals surface area contributed by atoms with Crippen molar-refractivity contribution in [2.24, 2.45) is 5.92 Å². The van der Waals surface area contributed by atoms with E-state index >= 15 is 0 Å². The third kappa shape index (κ3) is 2.36. The molecule has 2 atom stereocenters. The maximum atomic E-state index is 11.0. The lowest BCUT2D eigenvalue weighted by atomic mass is 10.1. The minimum absolute atomic E-state index is 0.168. The molecule has 2 aromatic rings. The second-order valence-electron chi connectivity index (χ2n) is 4.97. The fraction of sp³-hybridized carbons (Fsp3) is 0.357. The first-order valence-corrected chi connectivity index (χ1v) is 6.44. The Labute approximate surface area is 110 Å². The van der Waals surface area contributed by atoms with Crippen LogP contribution < -0.4 is 5.32 Å². The molecule has 1 heterocycles. The zero-order valence-electron chi connectivity index (χ0n) is 10.4. The van der Waals surface area contributed by atoms with Crippen molar-refractivity contribution in [3.63, 3.8) is 0 Å². The first kappa shape index (κ1) is 11.9. The van der Waals surface area contributed by atoms with E-state index in [1.54, 1.807) is 6.20 Å². The third-order valence-corrected chi connectivity index (χ3v) is 3.69. The Hall–Kier alpha value is -2.17. The lowest BCUT2D eigenvalue weighted by Crippen LogP contribution is -2.19. The maximum absolute atomic E-state index is 11.0. The van der Waals surface area contributed by atoms with Crippen LogP contribution in [-0.4, -0.2) is 27.3 Å². The Morgan fingerprint density at radius 1 is 1.32 bits per heavy atom. The summed E-state index contributed by atoms with van der Waals surface area (Å²) in [5.74, 6) is -0.192. The number of anilines is 1. The largest absolute Gasteiger partial charge is 0.481 e. The molecule has 1 aliphatic carbocycles. The van der Waals surface area contributed by atoms with Crippen LogP contribution in [0.1, 0.15) is 19.3 Å². The monoisotopic (exact) mass is 257 g/mol. The molecule has 1 aliphatic rings. The van der Waals surface area contributed by atoms with E-state index in [0.29, 0.717) is 6.42 Å². The molecule has 0 aliphatic heterocycles. The second-order valence-corrected chi connectivity index (χ2v) is 4.97. The van der Waals surface area contributed by atoms with Crippen molar-refractivity contribution < 1.29 is 9.90 Å². The van der Waals surface area contributed by atoms with Gasteiger partial charge < -0.3 is 10.4 Å². The van der Waals surface area contributed by atoms with Crippen molar-refractivity contribution >= 4 is 22.6 Å². The van der Waals surface area contributed by atoms with Gasteiger partial charge in [-0.05, 0) is 19.3 Å². The van der Waals surface area contributed by atoms with E-state index < -0.39 is 5.97 Å². The molecule has 1 aromatic heterocycles. The predicted molar refractivity (Wildman–Crippen MR) is 71.9 cm³/mol. The SMILES string of the molecule is O=C(O)C1CCC(Nc2nncc3ccccc23)C1. The zero-order valence-corrected chi connectivity index (χ0v) is 10.4. The number of nitrogens with one attached hydrogen (secondary N) is 1. The van der Waals surface area contributed by atoms with Gasteiger partial charge in [0, 0.05) is 16.8 Å². The van der Waals surface area contributed by atoms with Crippen LogP contribution in [0.3, 0.4) is 0 Å². The molecule has 0 radical (unpaired) electrons. The number of rotatable bonds is 3. The number of aromatic nitrogens is 2. The van der Waals surface area contributed by atoms with Gasteiger partial charge in [0.25, 0.3) is 0 Å². The van der Waals surface area contributed by atoms with Crippen molar-refractivity contribution in [1.29, 1.82) is 0 Å². The molecule has 5 nitrogen and oxygen atoms in total. The van der Waals surface area contributed by atoms with Gasteiger partial charge in [0.2, 0.25) is 0 Å². The van der Waals surface area contributed by atoms with Crippen LogP contribution >= 0.6 is 0 Å². The van der Waals surface area contributed by atoms with Crippen molar-refractivity contribution in [2.75, 3.05) is 5.32 Å². The van der Waals surface area contributed by atoms with Crippen molar-refractivity contribution in [1.82, 2.24) is 10.2 Å². The number of fused-ring (bicyclic) bond motifs is 1. The fourth-order valence-corrected chi connectivity index (χ4v) is 2.66. The molecule has 19 heavy (non-hydrogen) atoms. The van der Waals surface area contributed by atoms with Gasteiger partial charge in [-0.15, -0.1) is 5.10 Å². The van der Waals surface area contributed by atoms with Crippen molar-refractivity contribution in [2.45, 2.75) is 25.3 Å². The Morgan fingerprint density at radius 2 is 2.16 bits per heavy atom.